The fraction of sp³-hybridized carbons (Fsp3) is 0.200. The number of hydrogen-bond donors (Lipinski definition) is 1. The summed E-state index contributed by atoms with van der Waals surface area (Å²) < 4.78 is 5.11. The maximum Gasteiger partial charge on any atom is 0.246 e. The van der Waals surface area contributed by atoms with Gasteiger partial charge in [-0.15, -0.1) is 11.3 Å². The lowest BCUT2D eigenvalue weighted by atomic mass is 10.3. The molecule has 0 saturated heterocycles. The molecule has 2 amide bonds. The molecule has 0 radical (unpaired) electrons. The van der Waals surface area contributed by atoms with Crippen LogP contribution >= 0.6 is 11.3 Å². The van der Waals surface area contributed by atoms with Crippen LogP contribution < -0.4 is 5.32 Å². The van der Waals surface area contributed by atoms with Crippen LogP contribution in [0.3, 0.4) is 0 Å². The zero-order valence-electron chi connectivity index (χ0n) is 11.6. The lowest BCUT2D eigenvalue weighted by molar-refractivity contribution is -0.131. The number of thiophene rings is 1. The first kappa shape index (κ1) is 15.1. The van der Waals surface area contributed by atoms with Crippen LogP contribution in [0.4, 0.5) is 0 Å². The van der Waals surface area contributed by atoms with Crippen LogP contribution in [0.25, 0.3) is 6.08 Å². The van der Waals surface area contributed by atoms with Gasteiger partial charge in [0.1, 0.15) is 5.76 Å². The summed E-state index contributed by atoms with van der Waals surface area (Å²) in [5.41, 5.74) is 0. The monoisotopic (exact) mass is 304 g/mol. The van der Waals surface area contributed by atoms with Gasteiger partial charge in [0.15, 0.2) is 0 Å². The Balaban J connectivity index is 1.76. The van der Waals surface area contributed by atoms with Crippen LogP contribution in [-0.2, 0) is 16.1 Å². The second-order valence-electron chi connectivity index (χ2n) is 4.40. The van der Waals surface area contributed by atoms with Gasteiger partial charge in [-0.25, -0.2) is 0 Å². The molecule has 0 aliphatic heterocycles. The van der Waals surface area contributed by atoms with Gasteiger partial charge in [-0.3, -0.25) is 9.59 Å². The van der Waals surface area contributed by atoms with Crippen LogP contribution in [0.1, 0.15) is 10.6 Å². The number of rotatable bonds is 6. The normalized spacial score (nSPS) is 10.7. The molecule has 0 fully saturated rings. The minimum absolute atomic E-state index is 0.00826. The smallest absolute Gasteiger partial charge is 0.246 e. The van der Waals surface area contributed by atoms with Crippen LogP contribution in [0.2, 0.25) is 0 Å². The predicted molar refractivity (Wildman–Crippen MR) is 81.5 cm³/mol. The summed E-state index contributed by atoms with van der Waals surface area (Å²) in [4.78, 5) is 25.9. The molecule has 0 atom stereocenters. The number of carbonyl (C=O) groups excluding carboxylic acids is 2. The van der Waals surface area contributed by atoms with Crippen molar-refractivity contribution in [1.29, 1.82) is 0 Å². The Morgan fingerprint density at radius 3 is 2.90 bits per heavy atom. The van der Waals surface area contributed by atoms with Gasteiger partial charge in [-0.1, -0.05) is 6.07 Å². The van der Waals surface area contributed by atoms with Gasteiger partial charge >= 0.3 is 0 Å². The van der Waals surface area contributed by atoms with Crippen molar-refractivity contribution in [3.05, 3.63) is 52.6 Å². The second kappa shape index (κ2) is 7.44. The maximum atomic E-state index is 11.9. The van der Waals surface area contributed by atoms with Gasteiger partial charge in [-0.2, -0.15) is 0 Å². The highest BCUT2D eigenvalue weighted by Crippen LogP contribution is 2.10. The summed E-state index contributed by atoms with van der Waals surface area (Å²) in [6.07, 6.45) is 4.75. The van der Waals surface area contributed by atoms with E-state index in [1.165, 1.54) is 11.0 Å². The molecule has 0 aliphatic rings. The van der Waals surface area contributed by atoms with Crippen molar-refractivity contribution >= 4 is 29.2 Å². The molecule has 0 spiro atoms. The first-order valence-electron chi connectivity index (χ1n) is 6.41. The molecule has 5 nitrogen and oxygen atoms in total. The molecule has 0 unspecified atom stereocenters. The van der Waals surface area contributed by atoms with Gasteiger partial charge in [0.05, 0.1) is 19.4 Å². The molecule has 2 aromatic rings. The van der Waals surface area contributed by atoms with E-state index in [4.69, 9.17) is 4.42 Å². The topological polar surface area (TPSA) is 62.6 Å². The number of nitrogens with one attached hydrogen (secondary N) is 1. The largest absolute Gasteiger partial charge is 0.467 e. The standard InChI is InChI=1S/C15H16N2O3S/c1-17(15(19)7-6-13-5-3-9-21-13)11-14(18)16-10-12-4-2-8-20-12/h2-9H,10-11H2,1H3,(H,16,18)/b7-6+. The highest BCUT2D eigenvalue weighted by molar-refractivity contribution is 7.10. The van der Waals surface area contributed by atoms with E-state index in [-0.39, 0.29) is 18.4 Å². The quantitative estimate of drug-likeness (QED) is 0.832. The molecule has 1 N–H and O–H groups in total. The fourth-order valence-corrected chi connectivity index (χ4v) is 2.23. The van der Waals surface area contributed by atoms with E-state index in [2.05, 4.69) is 5.32 Å². The van der Waals surface area contributed by atoms with E-state index in [0.29, 0.717) is 12.3 Å². The fourth-order valence-electron chi connectivity index (χ4n) is 1.61. The van der Waals surface area contributed by atoms with E-state index >= 15 is 0 Å². The Morgan fingerprint density at radius 1 is 1.38 bits per heavy atom. The molecule has 21 heavy (non-hydrogen) atoms. The number of furan rings is 1. The first-order chi connectivity index (χ1) is 10.1. The zero-order valence-corrected chi connectivity index (χ0v) is 12.4. The van der Waals surface area contributed by atoms with Crippen molar-refractivity contribution < 1.29 is 14.0 Å². The minimum Gasteiger partial charge on any atom is -0.467 e. The number of amides is 2. The summed E-state index contributed by atoms with van der Waals surface area (Å²) in [6.45, 7) is 0.327. The van der Waals surface area contributed by atoms with Crippen molar-refractivity contribution in [1.82, 2.24) is 10.2 Å². The highest BCUT2D eigenvalue weighted by Gasteiger charge is 2.10. The van der Waals surface area contributed by atoms with Gasteiger partial charge in [0, 0.05) is 18.0 Å². The van der Waals surface area contributed by atoms with E-state index in [1.54, 1.807) is 42.9 Å². The molecule has 2 rings (SSSR count). The SMILES string of the molecule is CN(CC(=O)NCc1ccco1)C(=O)/C=C/c1cccs1. The van der Waals surface area contributed by atoms with Crippen molar-refractivity contribution in [2.45, 2.75) is 6.54 Å². The second-order valence-corrected chi connectivity index (χ2v) is 5.38. The van der Waals surface area contributed by atoms with Crippen molar-refractivity contribution in [2.24, 2.45) is 0 Å². The zero-order chi connectivity index (χ0) is 15.1. The predicted octanol–water partition coefficient (Wildman–Crippen LogP) is 2.13. The highest BCUT2D eigenvalue weighted by atomic mass is 32.1. The average Bonchev–Trinajstić information content (AvgIpc) is 3.15. The Hall–Kier alpha value is -2.34. The van der Waals surface area contributed by atoms with Crippen molar-refractivity contribution in [3.8, 4) is 0 Å². The third kappa shape index (κ3) is 4.92. The summed E-state index contributed by atoms with van der Waals surface area (Å²) in [6, 6.07) is 7.37. The molecule has 0 aliphatic carbocycles. The minimum atomic E-state index is -0.230. The molecule has 2 aromatic heterocycles. The van der Waals surface area contributed by atoms with Crippen LogP contribution in [0.15, 0.2) is 46.4 Å². The Labute approximate surface area is 126 Å². The van der Waals surface area contributed by atoms with Gasteiger partial charge < -0.3 is 14.6 Å². The third-order valence-corrected chi connectivity index (χ3v) is 3.57. The average molecular weight is 304 g/mol. The molecule has 110 valence electrons. The van der Waals surface area contributed by atoms with Crippen LogP contribution in [0, 0.1) is 0 Å². The summed E-state index contributed by atoms with van der Waals surface area (Å²) >= 11 is 1.55. The number of likely N-dealkylation sites (N-methyl/N-ethyl adjacent to an activating group) is 1. The van der Waals surface area contributed by atoms with E-state index in [1.807, 2.05) is 17.5 Å². The van der Waals surface area contributed by atoms with E-state index in [0.717, 1.165) is 4.88 Å². The van der Waals surface area contributed by atoms with Crippen molar-refractivity contribution in [3.63, 3.8) is 0 Å². The molecule has 2 heterocycles. The molecule has 0 aromatic carbocycles. The maximum absolute atomic E-state index is 11.9. The third-order valence-electron chi connectivity index (χ3n) is 2.73. The molecular formula is C15H16N2O3S. The lowest BCUT2D eigenvalue weighted by Crippen LogP contribution is -2.37. The first-order valence-corrected chi connectivity index (χ1v) is 7.29. The summed E-state index contributed by atoms with van der Waals surface area (Å²) in [5, 5.41) is 4.63. The molecular weight excluding hydrogens is 288 g/mol. The lowest BCUT2D eigenvalue weighted by Gasteiger charge is -2.14. The Morgan fingerprint density at radius 2 is 2.24 bits per heavy atom. The number of nitrogens with zero attached hydrogens (tertiary/aromatic N) is 1. The number of carbonyl (C=O) groups is 2. The van der Waals surface area contributed by atoms with Gasteiger partial charge in [0.2, 0.25) is 11.8 Å². The number of hydrogen-bond acceptors (Lipinski definition) is 4. The van der Waals surface area contributed by atoms with Crippen molar-refractivity contribution in [2.75, 3.05) is 13.6 Å². The Bertz CT molecular complexity index is 603. The molecule has 0 saturated carbocycles. The molecule has 0 bridgehead atoms. The van der Waals surface area contributed by atoms with Crippen LogP contribution in [-0.4, -0.2) is 30.3 Å². The van der Waals surface area contributed by atoms with Gasteiger partial charge in [0.25, 0.3) is 0 Å². The van der Waals surface area contributed by atoms with E-state index < -0.39 is 0 Å². The van der Waals surface area contributed by atoms with Crippen LogP contribution in [0.5, 0.6) is 0 Å². The Kier molecular flexibility index (Phi) is 5.34. The summed E-state index contributed by atoms with van der Waals surface area (Å²) in [5.74, 6) is 0.234. The summed E-state index contributed by atoms with van der Waals surface area (Å²) in [7, 11) is 1.59. The molecule has 6 heteroatoms. The van der Waals surface area contributed by atoms with E-state index in [9.17, 15) is 9.59 Å². The van der Waals surface area contributed by atoms with Gasteiger partial charge in [-0.05, 0) is 29.7 Å².